The summed E-state index contributed by atoms with van der Waals surface area (Å²) in [4.78, 5) is 25.0. The van der Waals surface area contributed by atoms with E-state index in [1.54, 1.807) is 26.4 Å². The second-order valence-corrected chi connectivity index (χ2v) is 9.47. The molecule has 0 saturated carbocycles. The predicted octanol–water partition coefficient (Wildman–Crippen LogP) is 0.449. The lowest BCUT2D eigenvalue weighted by atomic mass is 9.98. The minimum atomic E-state index is -1.22. The smallest absolute Gasteiger partial charge is 0.217 e. The van der Waals surface area contributed by atoms with Crippen molar-refractivity contribution in [2.24, 2.45) is 0 Å². The van der Waals surface area contributed by atoms with Crippen molar-refractivity contribution in [2.75, 3.05) is 33.7 Å². The summed E-state index contributed by atoms with van der Waals surface area (Å²) < 4.78 is 15.7. The van der Waals surface area contributed by atoms with E-state index >= 15 is 0 Å². The van der Waals surface area contributed by atoms with E-state index in [-0.39, 0.29) is 36.1 Å². The van der Waals surface area contributed by atoms with E-state index < -0.39 is 24.4 Å². The van der Waals surface area contributed by atoms with E-state index in [2.05, 4.69) is 5.32 Å². The van der Waals surface area contributed by atoms with Crippen molar-refractivity contribution in [3.8, 4) is 0 Å². The van der Waals surface area contributed by atoms with Crippen LogP contribution in [0.3, 0.4) is 0 Å². The van der Waals surface area contributed by atoms with Crippen LogP contribution in [-0.2, 0) is 19.0 Å². The van der Waals surface area contributed by atoms with E-state index in [1.807, 2.05) is 36.6 Å². The molecule has 1 aliphatic heterocycles. The Morgan fingerprint density at radius 2 is 1.77 bits per heavy atom. The second-order valence-electron chi connectivity index (χ2n) is 8.63. The minimum Gasteiger partial charge on any atom is -0.493 e. The van der Waals surface area contributed by atoms with Crippen molar-refractivity contribution in [3.63, 3.8) is 0 Å². The highest BCUT2D eigenvalue weighted by atomic mass is 32.2. The number of carbonyl (C=O) groups is 1. The highest BCUT2D eigenvalue weighted by Crippen LogP contribution is 2.26. The molecule has 0 aromatic heterocycles. The molecule has 2 aliphatic rings. The molecule has 7 N–H and O–H groups in total. The van der Waals surface area contributed by atoms with Gasteiger partial charge in [0.15, 0.2) is 16.9 Å². The molecule has 3 rings (SSSR count). The standard InChI is InChI=1S/C21H25NO4S.C6H12O5.H2O/c1-14(23)22-17-7-5-6-8-19(25-2)20(26-3)11-9-15-10-12-21(27-4)18(24)13-16(15)17;7-1-4-6(10)5(9)3(8)2-11-4;/h6,8-13,17H,5,7H2,1-4H3,(H,22,23);3-10H,1-2H2;1H2/b8-6?,11-9+,20-19?;;/t17-;;/m0../s1. The van der Waals surface area contributed by atoms with Crippen LogP contribution in [0.2, 0.25) is 0 Å². The number of allylic oxidation sites excluding steroid dienone is 3. The zero-order chi connectivity index (χ0) is 28.2. The SMILES string of the molecule is COC1=C(OC)/C=C/c2ccc(SC)c(=O)cc2[C@@H](NC(C)=O)CCC=C1.O.OCC1OCC(O)C(O)C1O. The summed E-state index contributed by atoms with van der Waals surface area (Å²) in [5, 5.41) is 38.7. The summed E-state index contributed by atoms with van der Waals surface area (Å²) in [6.45, 7) is 1.08. The van der Waals surface area contributed by atoms with Gasteiger partial charge in [-0.25, -0.2) is 0 Å². The van der Waals surface area contributed by atoms with Gasteiger partial charge in [0.05, 0.1) is 38.4 Å². The van der Waals surface area contributed by atoms with E-state index in [0.717, 1.165) is 11.1 Å². The summed E-state index contributed by atoms with van der Waals surface area (Å²) in [5.74, 6) is 1.06. The number of thioether (sulfide) groups is 1. The van der Waals surface area contributed by atoms with Gasteiger partial charge in [-0.3, -0.25) is 9.59 Å². The van der Waals surface area contributed by atoms with Crippen LogP contribution in [0.15, 0.2) is 57.6 Å². The Labute approximate surface area is 232 Å². The van der Waals surface area contributed by atoms with E-state index in [1.165, 1.54) is 18.7 Å². The summed E-state index contributed by atoms with van der Waals surface area (Å²) in [5.41, 5.74) is 1.58. The number of methoxy groups -OCH3 is 2. The Balaban J connectivity index is 0.000000532. The molecule has 39 heavy (non-hydrogen) atoms. The average molecular weight is 570 g/mol. The quantitative estimate of drug-likeness (QED) is 0.312. The van der Waals surface area contributed by atoms with Crippen LogP contribution in [0.25, 0.3) is 6.08 Å². The Morgan fingerprint density at radius 1 is 1.10 bits per heavy atom. The third-order valence-corrected chi connectivity index (χ3v) is 6.80. The van der Waals surface area contributed by atoms with Crippen molar-refractivity contribution < 1.29 is 44.9 Å². The first-order valence-electron chi connectivity index (χ1n) is 12.1. The Morgan fingerprint density at radius 3 is 2.36 bits per heavy atom. The molecule has 1 amide bonds. The van der Waals surface area contributed by atoms with Crippen molar-refractivity contribution in [1.29, 1.82) is 0 Å². The number of amides is 1. The van der Waals surface area contributed by atoms with E-state index in [9.17, 15) is 9.59 Å². The van der Waals surface area contributed by atoms with Crippen LogP contribution in [0.5, 0.6) is 0 Å². The van der Waals surface area contributed by atoms with Crippen LogP contribution in [-0.4, -0.2) is 89.9 Å². The number of rotatable bonds is 5. The van der Waals surface area contributed by atoms with Gasteiger partial charge in [0.2, 0.25) is 5.91 Å². The molecule has 4 unspecified atom stereocenters. The van der Waals surface area contributed by atoms with E-state index in [0.29, 0.717) is 29.3 Å². The lowest BCUT2D eigenvalue weighted by molar-refractivity contribution is -0.195. The maximum absolute atomic E-state index is 12.6. The van der Waals surface area contributed by atoms with Crippen molar-refractivity contribution >= 4 is 23.7 Å². The third kappa shape index (κ3) is 9.76. The predicted molar refractivity (Wildman–Crippen MR) is 148 cm³/mol. The third-order valence-electron chi connectivity index (χ3n) is 6.02. The highest BCUT2D eigenvalue weighted by Gasteiger charge is 2.36. The molecule has 12 heteroatoms. The summed E-state index contributed by atoms with van der Waals surface area (Å²) in [7, 11) is 3.18. The molecule has 5 atom stereocenters. The molecule has 1 aromatic rings. The van der Waals surface area contributed by atoms with Gasteiger partial charge in [0, 0.05) is 6.92 Å². The molecule has 218 valence electrons. The van der Waals surface area contributed by atoms with Crippen molar-refractivity contribution in [1.82, 2.24) is 5.32 Å². The molecule has 0 bridgehead atoms. The number of ether oxygens (including phenoxy) is 3. The van der Waals surface area contributed by atoms with Gasteiger partial charge in [0.1, 0.15) is 24.4 Å². The largest absolute Gasteiger partial charge is 0.493 e. The van der Waals surface area contributed by atoms with Crippen molar-refractivity contribution in [2.45, 2.75) is 55.1 Å². The molecule has 1 fully saturated rings. The fraction of sp³-hybridized carbons (Fsp3) is 0.481. The minimum absolute atomic E-state index is 0. The number of nitrogens with one attached hydrogen (secondary N) is 1. The molecule has 11 nitrogen and oxygen atoms in total. The zero-order valence-electron chi connectivity index (χ0n) is 22.5. The summed E-state index contributed by atoms with van der Waals surface area (Å²) in [6, 6.07) is 5.07. The van der Waals surface area contributed by atoms with Crippen molar-refractivity contribution in [3.05, 3.63) is 69.3 Å². The topological polar surface area (TPSA) is 186 Å². The molecular weight excluding hydrogens is 530 g/mol. The first-order chi connectivity index (χ1) is 18.2. The first-order valence-corrected chi connectivity index (χ1v) is 13.3. The summed E-state index contributed by atoms with van der Waals surface area (Å²) in [6.07, 6.45) is 6.48. The number of hydrogen-bond acceptors (Lipinski definition) is 10. The van der Waals surface area contributed by atoms with Crippen LogP contribution >= 0.6 is 11.8 Å². The van der Waals surface area contributed by atoms with E-state index in [4.69, 9.17) is 34.6 Å². The van der Waals surface area contributed by atoms with Crippen LogP contribution in [0, 0.1) is 0 Å². The van der Waals surface area contributed by atoms with Crippen LogP contribution in [0.1, 0.15) is 36.9 Å². The Kier molecular flexibility index (Phi) is 15.0. The molecule has 1 aliphatic carbocycles. The van der Waals surface area contributed by atoms with Gasteiger partial charge in [0.25, 0.3) is 0 Å². The Hall–Kier alpha value is -2.71. The second kappa shape index (κ2) is 17.1. The van der Waals surface area contributed by atoms with Gasteiger partial charge in [-0.1, -0.05) is 18.2 Å². The lowest BCUT2D eigenvalue weighted by Crippen LogP contribution is -2.53. The molecule has 0 spiro atoms. The fourth-order valence-corrected chi connectivity index (χ4v) is 4.42. The summed E-state index contributed by atoms with van der Waals surface area (Å²) >= 11 is 1.40. The van der Waals surface area contributed by atoms with Gasteiger partial charge >= 0.3 is 0 Å². The monoisotopic (exact) mass is 569 g/mol. The molecule has 1 aromatic carbocycles. The number of aliphatic hydroxyl groups excluding tert-OH is 4. The zero-order valence-corrected chi connectivity index (χ0v) is 23.3. The number of hydrogen-bond donors (Lipinski definition) is 5. The van der Waals surface area contributed by atoms with Gasteiger partial charge < -0.3 is 45.4 Å². The maximum atomic E-state index is 12.6. The number of fused-ring (bicyclic) bond motifs is 1. The van der Waals surface area contributed by atoms with Gasteiger partial charge in [-0.2, -0.15) is 0 Å². The van der Waals surface area contributed by atoms with Gasteiger partial charge in [-0.15, -0.1) is 11.8 Å². The normalized spacial score (nSPS) is 25.5. The van der Waals surface area contributed by atoms with Gasteiger partial charge in [-0.05, 0) is 54.5 Å². The molecule has 1 saturated heterocycles. The van der Waals surface area contributed by atoms with Crippen LogP contribution in [0.4, 0.5) is 0 Å². The number of carbonyl (C=O) groups excluding carboxylic acids is 1. The maximum Gasteiger partial charge on any atom is 0.217 e. The average Bonchev–Trinajstić information content (AvgIpc) is 3.07. The lowest BCUT2D eigenvalue weighted by Gasteiger charge is -2.34. The van der Waals surface area contributed by atoms with Crippen LogP contribution < -0.4 is 10.7 Å². The highest BCUT2D eigenvalue weighted by molar-refractivity contribution is 7.98. The first kappa shape index (κ1) is 34.3. The number of aliphatic hydroxyl groups is 4. The molecule has 0 radical (unpaired) electrons. The Bertz CT molecular complexity index is 1090. The molecular formula is C27H39NO10S. The fourth-order valence-electron chi connectivity index (χ4n) is 3.96. The molecule has 1 heterocycles.